The number of amides is 1. The monoisotopic (exact) mass is 595 g/mol. The number of hydrogen-bond acceptors (Lipinski definition) is 6. The number of rotatable bonds is 10. The Balaban J connectivity index is 1.41. The van der Waals surface area contributed by atoms with E-state index in [1.807, 2.05) is 29.2 Å². The third-order valence-electron chi connectivity index (χ3n) is 9.88. The molecule has 234 valence electrons. The predicted octanol–water partition coefficient (Wildman–Crippen LogP) is 6.50. The van der Waals surface area contributed by atoms with Crippen LogP contribution in [0.2, 0.25) is 0 Å². The number of aliphatic hydroxyl groups is 1. The quantitative estimate of drug-likeness (QED) is 0.279. The van der Waals surface area contributed by atoms with Crippen LogP contribution in [0.3, 0.4) is 0 Å². The Morgan fingerprint density at radius 2 is 1.57 bits per heavy atom. The van der Waals surface area contributed by atoms with Crippen LogP contribution in [-0.4, -0.2) is 76.2 Å². The van der Waals surface area contributed by atoms with Gasteiger partial charge in [0, 0.05) is 60.7 Å². The molecule has 0 saturated carbocycles. The molecule has 3 aliphatic heterocycles. The van der Waals surface area contributed by atoms with Gasteiger partial charge in [0.05, 0.1) is 18.3 Å². The number of fused-ring (bicyclic) bond motifs is 1. The lowest BCUT2D eigenvalue weighted by molar-refractivity contribution is -0.00522. The van der Waals surface area contributed by atoms with E-state index in [-0.39, 0.29) is 30.1 Å². The van der Waals surface area contributed by atoms with E-state index in [1.54, 1.807) is 0 Å². The Bertz CT molecular complexity index is 1390. The first-order chi connectivity index (χ1) is 21.3. The summed E-state index contributed by atoms with van der Waals surface area (Å²) in [6, 6.07) is 27.7. The Labute approximate surface area is 263 Å². The van der Waals surface area contributed by atoms with E-state index in [1.165, 1.54) is 12.1 Å². The lowest BCUT2D eigenvalue weighted by Gasteiger charge is -2.37. The van der Waals surface area contributed by atoms with Crippen molar-refractivity contribution in [2.75, 3.05) is 36.5 Å². The van der Waals surface area contributed by atoms with Gasteiger partial charge in [-0.05, 0) is 83.2 Å². The number of nitrogens with one attached hydrogen (secondary N) is 1. The molecule has 0 aromatic heterocycles. The van der Waals surface area contributed by atoms with Gasteiger partial charge >= 0.3 is 0 Å². The molecule has 6 rings (SSSR count). The second-order valence-corrected chi connectivity index (χ2v) is 13.3. The molecule has 3 aromatic rings. The van der Waals surface area contributed by atoms with Crippen LogP contribution in [-0.2, 0) is 0 Å². The number of nitrogens with zero attached hydrogens (tertiary/aromatic N) is 4. The van der Waals surface area contributed by atoms with E-state index in [9.17, 15) is 9.90 Å². The lowest BCUT2D eigenvalue weighted by Crippen LogP contribution is -2.44. The van der Waals surface area contributed by atoms with Gasteiger partial charge in [0.25, 0.3) is 5.91 Å². The van der Waals surface area contributed by atoms with E-state index in [0.717, 1.165) is 62.4 Å². The van der Waals surface area contributed by atoms with Crippen molar-refractivity contribution in [2.45, 2.75) is 89.8 Å². The van der Waals surface area contributed by atoms with E-state index in [4.69, 9.17) is 0 Å². The van der Waals surface area contributed by atoms with Gasteiger partial charge in [-0.2, -0.15) is 0 Å². The van der Waals surface area contributed by atoms with Crippen LogP contribution in [0, 0.1) is 0 Å². The Kier molecular flexibility index (Phi) is 9.26. The SMILES string of the molecule is CC(C)N(C(=O)c1c(C2[C@@H]3CCCN3CN2c2ccccc2)cccc1C(O)N1CCCC1CNc1ccccc1)C(C)C. The fraction of sp³-hybridized carbons (Fsp3) is 0.486. The third-order valence-corrected chi connectivity index (χ3v) is 9.88. The van der Waals surface area contributed by atoms with Gasteiger partial charge in [0.15, 0.2) is 0 Å². The molecule has 3 aromatic carbocycles. The highest BCUT2D eigenvalue weighted by molar-refractivity contribution is 5.98. The minimum atomic E-state index is -0.869. The van der Waals surface area contributed by atoms with Crippen molar-refractivity contribution in [3.8, 4) is 0 Å². The number of carbonyl (C=O) groups excluding carboxylic acids is 1. The van der Waals surface area contributed by atoms with E-state index < -0.39 is 6.23 Å². The van der Waals surface area contributed by atoms with Crippen molar-refractivity contribution in [2.24, 2.45) is 0 Å². The molecule has 2 N–H and O–H groups in total. The molecule has 44 heavy (non-hydrogen) atoms. The molecular weight excluding hydrogens is 546 g/mol. The van der Waals surface area contributed by atoms with E-state index in [0.29, 0.717) is 11.6 Å². The van der Waals surface area contributed by atoms with Crippen LogP contribution in [0.25, 0.3) is 0 Å². The predicted molar refractivity (Wildman–Crippen MR) is 179 cm³/mol. The van der Waals surface area contributed by atoms with Gasteiger partial charge < -0.3 is 20.2 Å². The van der Waals surface area contributed by atoms with Gasteiger partial charge in [0.2, 0.25) is 0 Å². The molecule has 7 heteroatoms. The molecule has 3 unspecified atom stereocenters. The number of hydrogen-bond donors (Lipinski definition) is 2. The molecule has 1 amide bonds. The molecule has 7 nitrogen and oxygen atoms in total. The summed E-state index contributed by atoms with van der Waals surface area (Å²) in [5.41, 5.74) is 4.71. The Hall–Kier alpha value is -3.39. The Morgan fingerprint density at radius 3 is 2.27 bits per heavy atom. The average Bonchev–Trinajstić information content (AvgIpc) is 3.76. The maximum absolute atomic E-state index is 14.8. The summed E-state index contributed by atoms with van der Waals surface area (Å²) in [5.74, 6) is 0.0160. The highest BCUT2D eigenvalue weighted by Crippen LogP contribution is 2.45. The first kappa shape index (κ1) is 30.6. The highest BCUT2D eigenvalue weighted by atomic mass is 16.3. The number of anilines is 2. The number of likely N-dealkylation sites (tertiary alicyclic amines) is 1. The van der Waals surface area contributed by atoms with Crippen molar-refractivity contribution >= 4 is 17.3 Å². The summed E-state index contributed by atoms with van der Waals surface area (Å²) < 4.78 is 0. The zero-order chi connectivity index (χ0) is 30.8. The zero-order valence-electron chi connectivity index (χ0n) is 26.8. The number of para-hydroxylation sites is 2. The summed E-state index contributed by atoms with van der Waals surface area (Å²) in [6.45, 7) is 11.8. The van der Waals surface area contributed by atoms with E-state index >= 15 is 0 Å². The van der Waals surface area contributed by atoms with Gasteiger partial charge in [-0.3, -0.25) is 14.6 Å². The van der Waals surface area contributed by atoms with Gasteiger partial charge in [0.1, 0.15) is 6.23 Å². The second-order valence-electron chi connectivity index (χ2n) is 13.3. The van der Waals surface area contributed by atoms with Gasteiger partial charge in [-0.15, -0.1) is 0 Å². The van der Waals surface area contributed by atoms with Crippen molar-refractivity contribution in [3.63, 3.8) is 0 Å². The molecule has 3 aliphatic rings. The Morgan fingerprint density at radius 1 is 0.886 bits per heavy atom. The molecule has 0 radical (unpaired) electrons. The van der Waals surface area contributed by atoms with Crippen LogP contribution in [0.1, 0.15) is 87.1 Å². The van der Waals surface area contributed by atoms with E-state index in [2.05, 4.69) is 102 Å². The molecule has 0 bridgehead atoms. The highest BCUT2D eigenvalue weighted by Gasteiger charge is 2.46. The van der Waals surface area contributed by atoms with Crippen LogP contribution in [0.4, 0.5) is 11.4 Å². The van der Waals surface area contributed by atoms with Gasteiger partial charge in [-0.25, -0.2) is 0 Å². The largest absolute Gasteiger partial charge is 0.383 e. The second kappa shape index (κ2) is 13.3. The van der Waals surface area contributed by atoms with Gasteiger partial charge in [-0.1, -0.05) is 54.6 Å². The first-order valence-corrected chi connectivity index (χ1v) is 16.6. The maximum Gasteiger partial charge on any atom is 0.255 e. The summed E-state index contributed by atoms with van der Waals surface area (Å²) in [5, 5.41) is 15.8. The fourth-order valence-corrected chi connectivity index (χ4v) is 7.97. The third kappa shape index (κ3) is 5.97. The number of carbonyl (C=O) groups is 1. The number of aliphatic hydroxyl groups excluding tert-OH is 1. The zero-order valence-corrected chi connectivity index (χ0v) is 26.8. The molecular formula is C37H49N5O2. The molecule has 0 spiro atoms. The molecule has 3 heterocycles. The molecule has 3 saturated heterocycles. The van der Waals surface area contributed by atoms with Crippen molar-refractivity contribution < 1.29 is 9.90 Å². The number of benzene rings is 3. The van der Waals surface area contributed by atoms with Crippen molar-refractivity contribution in [1.29, 1.82) is 0 Å². The fourth-order valence-electron chi connectivity index (χ4n) is 7.97. The smallest absolute Gasteiger partial charge is 0.255 e. The van der Waals surface area contributed by atoms with Crippen molar-refractivity contribution in [1.82, 2.24) is 14.7 Å². The minimum absolute atomic E-state index is 0.0160. The maximum atomic E-state index is 14.8. The normalized spacial score (nSPS) is 23.0. The lowest BCUT2D eigenvalue weighted by atomic mass is 9.88. The standard InChI is InChI=1S/C37H49N5O2/c1-26(2)42(27(3)4)37(44)34-31(35-33-21-13-22-39(33)25-41(35)29-16-9-6-10-17-29)19-11-20-32(34)36(43)40-23-12-18-30(40)24-38-28-14-7-5-8-15-28/h5-11,14-17,19-20,26-27,30,33,35-36,38,43H,12-13,18,21-25H2,1-4H3/t30?,33-,35?,36?/m0/s1. The first-order valence-electron chi connectivity index (χ1n) is 16.6. The van der Waals surface area contributed by atoms with Crippen molar-refractivity contribution in [3.05, 3.63) is 95.6 Å². The molecule has 0 aliphatic carbocycles. The summed E-state index contributed by atoms with van der Waals surface area (Å²) >= 11 is 0. The topological polar surface area (TPSA) is 62.3 Å². The average molecular weight is 596 g/mol. The molecule has 4 atom stereocenters. The summed E-state index contributed by atoms with van der Waals surface area (Å²) in [4.78, 5) is 24.1. The molecule has 3 fully saturated rings. The van der Waals surface area contributed by atoms with Crippen LogP contribution in [0.15, 0.2) is 78.9 Å². The van der Waals surface area contributed by atoms with Crippen LogP contribution >= 0.6 is 0 Å². The summed E-state index contributed by atoms with van der Waals surface area (Å²) in [7, 11) is 0. The minimum Gasteiger partial charge on any atom is -0.383 e. The van der Waals surface area contributed by atoms with Crippen LogP contribution in [0.5, 0.6) is 0 Å². The summed E-state index contributed by atoms with van der Waals surface area (Å²) in [6.07, 6.45) is 3.43. The van der Waals surface area contributed by atoms with Crippen LogP contribution < -0.4 is 10.2 Å².